The largest absolute Gasteiger partial charge is 0.472 e. The van der Waals surface area contributed by atoms with Crippen LogP contribution in [-0.4, -0.2) is 95.9 Å². The summed E-state index contributed by atoms with van der Waals surface area (Å²) in [5.41, 5.74) is 0. The van der Waals surface area contributed by atoms with E-state index in [2.05, 4.69) is 167 Å². The minimum absolute atomic E-state index is 0.105. The molecule has 5 atom stereocenters. The fraction of sp³-hybridized carbons (Fsp3) is 0.697. The van der Waals surface area contributed by atoms with Gasteiger partial charge >= 0.3 is 33.6 Å². The molecule has 0 radical (unpaired) electrons. The molecule has 614 valence electrons. The van der Waals surface area contributed by atoms with Crippen molar-refractivity contribution in [1.82, 2.24) is 0 Å². The molecule has 0 aromatic heterocycles. The fourth-order valence-corrected chi connectivity index (χ4v) is 12.8. The van der Waals surface area contributed by atoms with E-state index in [-0.39, 0.29) is 19.3 Å². The van der Waals surface area contributed by atoms with Crippen molar-refractivity contribution < 1.29 is 75.8 Å². The smallest absolute Gasteiger partial charge is 0.463 e. The van der Waals surface area contributed by atoms with Crippen molar-refractivity contribution in [2.45, 2.75) is 360 Å². The standard InChI is InChI=1S/C89H152O16P2/c1-4-7-10-13-16-19-22-25-27-29-31-33-35-37-39-41-43-45-47-49-51-53-55-58-60-63-66-69-72-75-87(92)99-78-84(90)79-101-106(95,96)102-80-85(91)81-103-107(97,98)104-83-86(105-89(94)77-74-71-68-65-62-57-24-21-18-15-12-9-6-3)82-100-88(93)76-73-70-67-64-61-59-56-54-52-50-48-46-44-42-40-38-36-34-32-30-28-26-23-20-17-14-11-8-5-2/h7-8,10-11,16-17,19-20,25-28,31-34,37-40,43-46,84-86,90-91H,4-6,9,12-15,18,21-24,29-30,35-36,41-42,47-83H2,1-3H3,(H,95,96)(H,97,98)/b10-7-,11-8-,19-16-,20-17-,27-25-,28-26-,33-31-,34-32-,39-37-,40-38-,45-43-,46-44-. The quantitative estimate of drug-likeness (QED) is 0.0146. The van der Waals surface area contributed by atoms with Gasteiger partial charge < -0.3 is 34.2 Å². The second-order valence-corrected chi connectivity index (χ2v) is 30.8. The van der Waals surface area contributed by atoms with Crippen molar-refractivity contribution in [1.29, 1.82) is 0 Å². The van der Waals surface area contributed by atoms with Crippen LogP contribution in [0.5, 0.6) is 0 Å². The Kier molecular flexibility index (Phi) is 77.5. The second-order valence-electron chi connectivity index (χ2n) is 27.9. The van der Waals surface area contributed by atoms with E-state index in [4.69, 9.17) is 32.3 Å². The Hall–Kier alpha value is -4.57. The molecule has 4 N–H and O–H groups in total. The highest BCUT2D eigenvalue weighted by molar-refractivity contribution is 7.47. The third-order valence-corrected chi connectivity index (χ3v) is 19.5. The first-order valence-corrected chi connectivity index (χ1v) is 45.1. The molecule has 18 heteroatoms. The number of hydrogen-bond acceptors (Lipinski definition) is 14. The van der Waals surface area contributed by atoms with Crippen LogP contribution < -0.4 is 0 Å². The second kappa shape index (κ2) is 80.9. The number of aliphatic hydroxyl groups excluding tert-OH is 2. The SMILES string of the molecule is CC/C=C\C/C=C\C/C=C\C/C=C\C/C=C\C/C=C\CCCCCCCCCCCCC(=O)OCC(O)COP(=O)(O)OCC(O)COP(=O)(O)OCC(COC(=O)CCCCCCCCCCCC/C=C\C/C=C\C/C=C\C/C=C\C/C=C\C/C=C\CC)OC(=O)CCCCCCCCCCCCCCC. The summed E-state index contributed by atoms with van der Waals surface area (Å²) in [6.45, 7) is 2.47. The molecule has 0 aliphatic heterocycles. The monoisotopic (exact) mass is 1540 g/mol. The lowest BCUT2D eigenvalue weighted by Crippen LogP contribution is -2.30. The van der Waals surface area contributed by atoms with E-state index in [1.165, 1.54) is 116 Å². The number of ether oxygens (including phenoxy) is 3. The number of aliphatic hydroxyl groups is 2. The van der Waals surface area contributed by atoms with E-state index in [0.29, 0.717) is 19.3 Å². The number of rotatable bonds is 79. The highest BCUT2D eigenvalue weighted by Gasteiger charge is 2.29. The van der Waals surface area contributed by atoms with Gasteiger partial charge in [-0.2, -0.15) is 0 Å². The molecule has 0 bridgehead atoms. The maximum atomic E-state index is 13.0. The first kappa shape index (κ1) is 102. The molecule has 0 aromatic rings. The van der Waals surface area contributed by atoms with Gasteiger partial charge in [-0.1, -0.05) is 346 Å². The lowest BCUT2D eigenvalue weighted by molar-refractivity contribution is -0.161. The van der Waals surface area contributed by atoms with Crippen LogP contribution in [-0.2, 0) is 55.8 Å². The summed E-state index contributed by atoms with van der Waals surface area (Å²) in [5, 5.41) is 20.7. The highest BCUT2D eigenvalue weighted by atomic mass is 31.2. The number of carbonyl (C=O) groups is 3. The number of carbonyl (C=O) groups excluding carboxylic acids is 3. The summed E-state index contributed by atoms with van der Waals surface area (Å²) in [6, 6.07) is 0. The minimum Gasteiger partial charge on any atom is -0.463 e. The van der Waals surface area contributed by atoms with Gasteiger partial charge in [0.05, 0.1) is 26.4 Å². The fourth-order valence-electron chi connectivity index (χ4n) is 11.2. The van der Waals surface area contributed by atoms with E-state index in [1.54, 1.807) is 0 Å². The third kappa shape index (κ3) is 82.2. The summed E-state index contributed by atoms with van der Waals surface area (Å²) >= 11 is 0. The van der Waals surface area contributed by atoms with Crippen LogP contribution in [0.1, 0.15) is 342 Å². The van der Waals surface area contributed by atoms with Crippen molar-refractivity contribution in [3.05, 3.63) is 146 Å². The summed E-state index contributed by atoms with van der Waals surface area (Å²) in [4.78, 5) is 58.7. The molecule has 16 nitrogen and oxygen atoms in total. The molecule has 0 aromatic carbocycles. The van der Waals surface area contributed by atoms with Gasteiger partial charge in [-0.15, -0.1) is 0 Å². The lowest BCUT2D eigenvalue weighted by atomic mass is 10.0. The number of esters is 3. The number of hydrogen-bond donors (Lipinski definition) is 4. The Bertz CT molecular complexity index is 2530. The van der Waals surface area contributed by atoms with Gasteiger partial charge in [0, 0.05) is 19.3 Å². The molecule has 0 amide bonds. The Morgan fingerprint density at radius 2 is 0.495 bits per heavy atom. The van der Waals surface area contributed by atoms with Crippen LogP contribution in [0, 0.1) is 0 Å². The average molecular weight is 1540 g/mol. The Morgan fingerprint density at radius 1 is 0.271 bits per heavy atom. The molecule has 0 saturated heterocycles. The number of unbranched alkanes of at least 4 members (excludes halogenated alkanes) is 32. The molecular weight excluding hydrogens is 1390 g/mol. The average Bonchev–Trinajstić information content (AvgIpc) is 0.909. The van der Waals surface area contributed by atoms with Gasteiger partial charge in [-0.05, 0) is 122 Å². The van der Waals surface area contributed by atoms with Crippen molar-refractivity contribution in [2.24, 2.45) is 0 Å². The number of allylic oxidation sites excluding steroid dienone is 24. The lowest BCUT2D eigenvalue weighted by Gasteiger charge is -2.21. The molecule has 0 spiro atoms. The van der Waals surface area contributed by atoms with E-state index < -0.39 is 91.5 Å². The summed E-state index contributed by atoms with van der Waals surface area (Å²) < 4.78 is 61.2. The molecule has 0 rings (SSSR count). The molecule has 0 saturated carbocycles. The van der Waals surface area contributed by atoms with E-state index in [0.717, 1.165) is 167 Å². The normalized spacial score (nSPS) is 14.6. The predicted octanol–water partition coefficient (Wildman–Crippen LogP) is 25.2. The third-order valence-electron chi connectivity index (χ3n) is 17.6. The Morgan fingerprint density at radius 3 is 0.785 bits per heavy atom. The van der Waals surface area contributed by atoms with Crippen molar-refractivity contribution in [3.8, 4) is 0 Å². The van der Waals surface area contributed by atoms with Crippen LogP contribution in [0.25, 0.3) is 0 Å². The zero-order valence-electron chi connectivity index (χ0n) is 67.3. The van der Waals surface area contributed by atoms with Crippen LogP contribution in [0.4, 0.5) is 0 Å². The molecule has 5 unspecified atom stereocenters. The zero-order valence-corrected chi connectivity index (χ0v) is 69.1. The van der Waals surface area contributed by atoms with Crippen molar-refractivity contribution in [2.75, 3.05) is 39.6 Å². The first-order valence-electron chi connectivity index (χ1n) is 42.1. The molecule has 0 fully saturated rings. The van der Waals surface area contributed by atoms with Gasteiger partial charge in [0.2, 0.25) is 0 Å². The highest BCUT2D eigenvalue weighted by Crippen LogP contribution is 2.45. The maximum absolute atomic E-state index is 13.0. The summed E-state index contributed by atoms with van der Waals surface area (Å²) in [6.07, 6.45) is 100. The first-order chi connectivity index (χ1) is 52.2. The van der Waals surface area contributed by atoms with Crippen LogP contribution in [0.2, 0.25) is 0 Å². The van der Waals surface area contributed by atoms with Crippen molar-refractivity contribution >= 4 is 33.6 Å². The molecule has 0 heterocycles. The number of phosphoric ester groups is 2. The van der Waals surface area contributed by atoms with E-state index in [1.807, 2.05) is 0 Å². The van der Waals surface area contributed by atoms with E-state index in [9.17, 15) is 43.5 Å². The summed E-state index contributed by atoms with van der Waals surface area (Å²) in [7, 11) is -9.79. The van der Waals surface area contributed by atoms with Crippen LogP contribution in [0.15, 0.2) is 146 Å². The number of phosphoric acid groups is 2. The van der Waals surface area contributed by atoms with Crippen molar-refractivity contribution in [3.63, 3.8) is 0 Å². The molecule has 0 aliphatic carbocycles. The van der Waals surface area contributed by atoms with Gasteiger partial charge in [0.1, 0.15) is 25.4 Å². The van der Waals surface area contributed by atoms with Gasteiger partial charge in [0.15, 0.2) is 6.10 Å². The Labute approximate surface area is 651 Å². The Balaban J connectivity index is 4.50. The predicted molar refractivity (Wildman–Crippen MR) is 445 cm³/mol. The maximum Gasteiger partial charge on any atom is 0.472 e. The van der Waals surface area contributed by atoms with Crippen LogP contribution in [0.3, 0.4) is 0 Å². The van der Waals surface area contributed by atoms with E-state index >= 15 is 0 Å². The molecule has 107 heavy (non-hydrogen) atoms. The topological polar surface area (TPSA) is 231 Å². The minimum atomic E-state index is -4.93. The van der Waals surface area contributed by atoms with Gasteiger partial charge in [0.25, 0.3) is 0 Å². The van der Waals surface area contributed by atoms with Gasteiger partial charge in [-0.3, -0.25) is 32.5 Å². The molecule has 0 aliphatic rings. The summed E-state index contributed by atoms with van der Waals surface area (Å²) in [5.74, 6) is -1.57. The van der Waals surface area contributed by atoms with Gasteiger partial charge in [-0.25, -0.2) is 9.13 Å². The van der Waals surface area contributed by atoms with Crippen LogP contribution >= 0.6 is 15.6 Å². The molecular formula is C89H152O16P2. The zero-order chi connectivity index (χ0) is 78.0.